The standard InChI is InChI=1S/C28H35N3O3S/c1-5-18(2)22(24(32)29-17-11-14-19-12-7-6-8-13-19)30-25(33)23-28(3,4)35-27-21-16-10-9-15-20(21)26(34)31(23)27/h6-10,12-13,15-16,18,22-23,27H,5,11,14,17H2,1-4H3,(H,29,32)(H,30,33)/t18?,22-,23+,27?/m0/s1. The third-order valence-corrected chi connectivity index (χ3v) is 8.66. The number of carbonyl (C=O) groups is 3. The van der Waals surface area contributed by atoms with Gasteiger partial charge in [0.05, 0.1) is 0 Å². The van der Waals surface area contributed by atoms with E-state index < -0.39 is 16.8 Å². The van der Waals surface area contributed by atoms with Crippen molar-refractivity contribution >= 4 is 29.5 Å². The number of thioether (sulfide) groups is 1. The van der Waals surface area contributed by atoms with Crippen LogP contribution in [0.5, 0.6) is 0 Å². The molecule has 0 bridgehead atoms. The van der Waals surface area contributed by atoms with E-state index in [9.17, 15) is 14.4 Å². The third-order valence-electron chi connectivity index (χ3n) is 7.12. The zero-order chi connectivity index (χ0) is 25.2. The van der Waals surface area contributed by atoms with Crippen molar-refractivity contribution in [1.29, 1.82) is 0 Å². The van der Waals surface area contributed by atoms with Crippen LogP contribution in [0, 0.1) is 5.92 Å². The van der Waals surface area contributed by atoms with Crippen LogP contribution >= 0.6 is 11.8 Å². The molecule has 1 saturated heterocycles. The first-order chi connectivity index (χ1) is 16.7. The summed E-state index contributed by atoms with van der Waals surface area (Å²) in [7, 11) is 0. The molecule has 2 aliphatic heterocycles. The second-order valence-corrected chi connectivity index (χ2v) is 11.8. The first-order valence-corrected chi connectivity index (χ1v) is 13.3. The Bertz CT molecular complexity index is 1090. The Morgan fingerprint density at radius 3 is 2.49 bits per heavy atom. The number of carbonyl (C=O) groups excluding carboxylic acids is 3. The molecule has 2 aromatic rings. The molecule has 4 atom stereocenters. The van der Waals surface area contributed by atoms with E-state index in [-0.39, 0.29) is 29.0 Å². The van der Waals surface area contributed by atoms with Crippen molar-refractivity contribution in [2.24, 2.45) is 5.92 Å². The van der Waals surface area contributed by atoms with E-state index in [1.165, 1.54) is 5.56 Å². The molecule has 0 radical (unpaired) electrons. The van der Waals surface area contributed by atoms with Gasteiger partial charge < -0.3 is 15.5 Å². The highest BCUT2D eigenvalue weighted by Crippen LogP contribution is 2.56. The second-order valence-electron chi connectivity index (χ2n) is 10.0. The molecule has 186 valence electrons. The first-order valence-electron chi connectivity index (χ1n) is 12.5. The molecule has 2 aromatic carbocycles. The van der Waals surface area contributed by atoms with Gasteiger partial charge in [-0.1, -0.05) is 68.8 Å². The normalized spacial score (nSPS) is 21.7. The van der Waals surface area contributed by atoms with Crippen molar-refractivity contribution in [3.63, 3.8) is 0 Å². The minimum absolute atomic E-state index is 0.0347. The van der Waals surface area contributed by atoms with Gasteiger partial charge in [-0.25, -0.2) is 0 Å². The van der Waals surface area contributed by atoms with Gasteiger partial charge in [-0.3, -0.25) is 14.4 Å². The highest BCUT2D eigenvalue weighted by molar-refractivity contribution is 8.01. The maximum absolute atomic E-state index is 13.7. The molecule has 6 nitrogen and oxygen atoms in total. The van der Waals surface area contributed by atoms with E-state index >= 15 is 0 Å². The topological polar surface area (TPSA) is 78.5 Å². The van der Waals surface area contributed by atoms with Gasteiger partial charge in [-0.15, -0.1) is 11.8 Å². The summed E-state index contributed by atoms with van der Waals surface area (Å²) < 4.78 is -0.482. The van der Waals surface area contributed by atoms with Gasteiger partial charge in [-0.05, 0) is 49.8 Å². The number of fused-ring (bicyclic) bond motifs is 3. The van der Waals surface area contributed by atoms with Gasteiger partial charge in [0.2, 0.25) is 11.8 Å². The molecule has 2 aliphatic rings. The lowest BCUT2D eigenvalue weighted by atomic mass is 9.95. The molecule has 1 fully saturated rings. The number of benzene rings is 2. The summed E-state index contributed by atoms with van der Waals surface area (Å²) in [6, 6.07) is 16.4. The Labute approximate surface area is 212 Å². The summed E-state index contributed by atoms with van der Waals surface area (Å²) in [4.78, 5) is 41.7. The highest BCUT2D eigenvalue weighted by Gasteiger charge is 2.57. The Hall–Kier alpha value is -2.80. The van der Waals surface area contributed by atoms with Crippen LogP contribution in [0.1, 0.15) is 67.4 Å². The summed E-state index contributed by atoms with van der Waals surface area (Å²) in [5, 5.41) is 5.86. The van der Waals surface area contributed by atoms with Crippen LogP contribution in [0.4, 0.5) is 0 Å². The number of rotatable bonds is 9. The number of nitrogens with one attached hydrogen (secondary N) is 2. The Morgan fingerprint density at radius 2 is 1.77 bits per heavy atom. The Morgan fingerprint density at radius 1 is 1.09 bits per heavy atom. The smallest absolute Gasteiger partial charge is 0.256 e. The van der Waals surface area contributed by atoms with Gasteiger partial charge >= 0.3 is 0 Å². The zero-order valence-electron chi connectivity index (χ0n) is 20.9. The molecule has 0 saturated carbocycles. The average molecular weight is 494 g/mol. The number of nitrogens with zero attached hydrogens (tertiary/aromatic N) is 1. The highest BCUT2D eigenvalue weighted by atomic mass is 32.2. The van der Waals surface area contributed by atoms with E-state index in [2.05, 4.69) is 22.8 Å². The molecule has 0 spiro atoms. The molecule has 2 heterocycles. The van der Waals surface area contributed by atoms with E-state index in [4.69, 9.17) is 0 Å². The first kappa shape index (κ1) is 25.3. The molecular formula is C28H35N3O3S. The summed E-state index contributed by atoms with van der Waals surface area (Å²) >= 11 is 1.63. The molecular weight excluding hydrogens is 458 g/mol. The van der Waals surface area contributed by atoms with E-state index in [1.54, 1.807) is 16.7 Å². The fourth-order valence-corrected chi connectivity index (χ4v) is 6.59. The van der Waals surface area contributed by atoms with Gasteiger partial charge in [0, 0.05) is 16.9 Å². The van der Waals surface area contributed by atoms with Crippen LogP contribution < -0.4 is 10.6 Å². The van der Waals surface area contributed by atoms with Crippen molar-refractivity contribution in [1.82, 2.24) is 15.5 Å². The molecule has 4 rings (SSSR count). The lowest BCUT2D eigenvalue weighted by molar-refractivity contribution is -0.133. The van der Waals surface area contributed by atoms with Crippen molar-refractivity contribution in [3.8, 4) is 0 Å². The summed E-state index contributed by atoms with van der Waals surface area (Å²) in [6.45, 7) is 8.53. The lowest BCUT2D eigenvalue weighted by Gasteiger charge is -2.32. The Kier molecular flexibility index (Phi) is 7.55. The summed E-state index contributed by atoms with van der Waals surface area (Å²) in [6.07, 6.45) is 2.46. The van der Waals surface area contributed by atoms with Crippen molar-refractivity contribution < 1.29 is 14.4 Å². The number of amides is 3. The second kappa shape index (κ2) is 10.4. The quantitative estimate of drug-likeness (QED) is 0.510. The minimum atomic E-state index is -0.658. The maximum atomic E-state index is 13.7. The predicted molar refractivity (Wildman–Crippen MR) is 140 cm³/mol. The molecule has 2 N–H and O–H groups in total. The maximum Gasteiger partial charge on any atom is 0.256 e. The van der Waals surface area contributed by atoms with Crippen molar-refractivity contribution in [3.05, 3.63) is 71.3 Å². The molecule has 35 heavy (non-hydrogen) atoms. The summed E-state index contributed by atoms with van der Waals surface area (Å²) in [5.74, 6) is -0.588. The monoisotopic (exact) mass is 493 g/mol. The van der Waals surface area contributed by atoms with Crippen molar-refractivity contribution in [2.75, 3.05) is 6.54 Å². The van der Waals surface area contributed by atoms with E-state index in [1.807, 2.05) is 70.2 Å². The fourth-order valence-electron chi connectivity index (χ4n) is 5.00. The molecule has 3 amide bonds. The van der Waals surface area contributed by atoms with Gasteiger partial charge in [-0.2, -0.15) is 0 Å². The number of hydrogen-bond acceptors (Lipinski definition) is 4. The van der Waals surface area contributed by atoms with Crippen LogP contribution in [0.25, 0.3) is 0 Å². The molecule has 0 aromatic heterocycles. The minimum Gasteiger partial charge on any atom is -0.354 e. The fraction of sp³-hybridized carbons (Fsp3) is 0.464. The lowest BCUT2D eigenvalue weighted by Crippen LogP contribution is -2.58. The van der Waals surface area contributed by atoms with Crippen LogP contribution in [0.15, 0.2) is 54.6 Å². The molecule has 7 heteroatoms. The van der Waals surface area contributed by atoms with Gasteiger partial charge in [0.25, 0.3) is 5.91 Å². The average Bonchev–Trinajstić information content (AvgIpc) is 3.29. The largest absolute Gasteiger partial charge is 0.354 e. The predicted octanol–water partition coefficient (Wildman–Crippen LogP) is 4.31. The SMILES string of the molecule is CCC(C)[C@H](NC(=O)[C@H]1N2C(=O)c3ccccc3C2SC1(C)C)C(=O)NCCCc1ccccc1. The van der Waals surface area contributed by atoms with E-state index in [0.717, 1.165) is 24.8 Å². The van der Waals surface area contributed by atoms with Crippen LogP contribution in [-0.2, 0) is 16.0 Å². The number of aryl methyl sites for hydroxylation is 1. The van der Waals surface area contributed by atoms with Crippen LogP contribution in [0.2, 0.25) is 0 Å². The van der Waals surface area contributed by atoms with Crippen molar-refractivity contribution in [2.45, 2.75) is 69.2 Å². The van der Waals surface area contributed by atoms with Crippen LogP contribution in [-0.4, -0.2) is 46.0 Å². The van der Waals surface area contributed by atoms with Gasteiger partial charge in [0.1, 0.15) is 17.5 Å². The summed E-state index contributed by atoms with van der Waals surface area (Å²) in [5.41, 5.74) is 2.86. The Balaban J connectivity index is 1.43. The molecule has 2 unspecified atom stereocenters. The molecule has 0 aliphatic carbocycles. The zero-order valence-corrected chi connectivity index (χ0v) is 21.7. The van der Waals surface area contributed by atoms with Gasteiger partial charge in [0.15, 0.2) is 0 Å². The van der Waals surface area contributed by atoms with E-state index in [0.29, 0.717) is 12.1 Å². The third kappa shape index (κ3) is 5.10. The number of hydrogen-bond donors (Lipinski definition) is 2. The van der Waals surface area contributed by atoms with Crippen LogP contribution in [0.3, 0.4) is 0 Å².